The molecule has 1 atom stereocenters. The molecule has 2 N–H and O–H groups in total. The number of carbonyl (C=O) groups is 2. The van der Waals surface area contributed by atoms with Gasteiger partial charge in [-0.15, -0.1) is 0 Å². The summed E-state index contributed by atoms with van der Waals surface area (Å²) in [4.78, 5) is 19.7. The Balaban J connectivity index is -0.000000320. The predicted octanol–water partition coefficient (Wildman–Crippen LogP) is -4.34. The number of thiol groups is 1. The van der Waals surface area contributed by atoms with Gasteiger partial charge in [-0.05, 0) is 0 Å². The van der Waals surface area contributed by atoms with Crippen LogP contribution in [0.1, 0.15) is 6.42 Å². The number of hydrogen-bond acceptors (Lipinski definition) is 3. The third-order valence-electron chi connectivity index (χ3n) is 0.653. The Morgan fingerprint density at radius 2 is 1.73 bits per heavy atom. The van der Waals surface area contributed by atoms with Crippen molar-refractivity contribution in [1.82, 2.24) is 0 Å². The molecule has 0 aliphatic rings. The van der Waals surface area contributed by atoms with Crippen molar-refractivity contribution >= 4 is 49.0 Å². The average Bonchev–Trinajstić information content (AvgIpc) is 1.63. The van der Waals surface area contributed by atoms with Crippen LogP contribution < -0.4 is 18.9 Å². The van der Waals surface area contributed by atoms with E-state index in [9.17, 15) is 9.59 Å². The van der Waals surface area contributed by atoms with Crippen LogP contribution in [0.15, 0.2) is 0 Å². The van der Waals surface area contributed by atoms with Crippen molar-refractivity contribution in [2.45, 2.75) is 11.7 Å². The first-order valence-corrected chi connectivity index (χ1v) is 2.68. The van der Waals surface area contributed by atoms with Crippen molar-refractivity contribution in [1.29, 1.82) is 0 Å². The van der Waals surface area contributed by atoms with Crippen LogP contribution >= 0.6 is 12.6 Å². The van der Waals surface area contributed by atoms with E-state index in [2.05, 4.69) is 12.6 Å². The van der Waals surface area contributed by atoms with Crippen molar-refractivity contribution < 1.29 is 38.7 Å². The molecule has 0 spiro atoms. The van der Waals surface area contributed by atoms with E-state index in [-0.39, 0.29) is 43.3 Å². The number of carboxylic acid groups (broad SMARTS) is 2. The van der Waals surface area contributed by atoms with Gasteiger partial charge in [0.15, 0.2) is 0 Å². The zero-order valence-corrected chi connectivity index (χ0v) is 11.1. The molecule has 60 valence electrons. The molecule has 0 aliphatic heterocycles. The normalized spacial score (nSPS) is 10.3. The molecule has 0 aromatic rings. The maximum atomic E-state index is 9.90. The Morgan fingerprint density at radius 1 is 1.36 bits per heavy atom. The van der Waals surface area contributed by atoms with E-state index in [4.69, 9.17) is 10.2 Å². The van der Waals surface area contributed by atoms with Gasteiger partial charge < -0.3 is 10.2 Å². The Morgan fingerprint density at radius 3 is 1.82 bits per heavy atom. The van der Waals surface area contributed by atoms with E-state index in [1.165, 1.54) is 0 Å². The van der Waals surface area contributed by atoms with Gasteiger partial charge in [0, 0.05) is 0 Å². The maximum absolute atomic E-state index is 9.90. The predicted molar refractivity (Wildman–Crippen MR) is 42.6 cm³/mol. The zero-order valence-electron chi connectivity index (χ0n) is 6.15. The van der Waals surface area contributed by atoms with Crippen molar-refractivity contribution in [3.63, 3.8) is 0 Å². The van der Waals surface area contributed by atoms with Gasteiger partial charge in [-0.2, -0.15) is 12.6 Å². The summed E-state index contributed by atoms with van der Waals surface area (Å²) < 4.78 is 0. The fourth-order valence-corrected chi connectivity index (χ4v) is 0.409. The van der Waals surface area contributed by atoms with Gasteiger partial charge in [0.1, 0.15) is 5.25 Å². The number of hydrogen-bond donors (Lipinski definition) is 3. The quantitative estimate of drug-likeness (QED) is 0.361. The third-order valence-corrected chi connectivity index (χ3v) is 1.06. The molecule has 0 fully saturated rings. The van der Waals surface area contributed by atoms with Gasteiger partial charge in [-0.25, -0.2) is 0 Å². The summed E-state index contributed by atoms with van der Waals surface area (Å²) in [6.07, 6.45) is -0.446. The van der Waals surface area contributed by atoms with Crippen molar-refractivity contribution in [2.24, 2.45) is 0 Å². The Hall–Kier alpha value is 0.706. The Labute approximate surface area is 98.8 Å². The van der Waals surface area contributed by atoms with E-state index in [1.807, 2.05) is 0 Å². The fourth-order valence-electron chi connectivity index (χ4n) is 0.253. The minimum absolute atomic E-state index is 0. The van der Waals surface area contributed by atoms with Crippen LogP contribution in [-0.4, -0.2) is 51.8 Å². The van der Waals surface area contributed by atoms with Crippen LogP contribution in [0.2, 0.25) is 0 Å². The molecule has 0 rings (SSSR count). The summed E-state index contributed by atoms with van der Waals surface area (Å²) in [5, 5.41) is 15.0. The fraction of sp³-hybridized carbons (Fsp3) is 0.500. The average molecular weight is 282 g/mol. The number of carboxylic acids is 2. The summed E-state index contributed by atoms with van der Waals surface area (Å²) in [6, 6.07) is 0. The van der Waals surface area contributed by atoms with Crippen LogP contribution in [0, 0.1) is 0 Å². The van der Waals surface area contributed by atoms with Crippen molar-refractivity contribution in [3.05, 3.63) is 0 Å². The monoisotopic (exact) mass is 281 g/mol. The molecule has 4 nitrogen and oxygen atoms in total. The van der Waals surface area contributed by atoms with E-state index in [1.54, 1.807) is 0 Å². The molecule has 0 heterocycles. The first-order valence-electron chi connectivity index (χ1n) is 2.16. The number of aliphatic carboxylic acids is 2. The molecular formula is C4H9LiO4SSb+. The van der Waals surface area contributed by atoms with Gasteiger partial charge in [0.2, 0.25) is 0 Å². The van der Waals surface area contributed by atoms with Crippen LogP contribution in [0.4, 0.5) is 0 Å². The third kappa shape index (κ3) is 10.7. The van der Waals surface area contributed by atoms with E-state index in [0.29, 0.717) is 0 Å². The van der Waals surface area contributed by atoms with Crippen LogP contribution in [0.25, 0.3) is 0 Å². The van der Waals surface area contributed by atoms with Gasteiger partial charge in [-0.3, -0.25) is 9.59 Å². The molecule has 0 bridgehead atoms. The van der Waals surface area contributed by atoms with E-state index >= 15 is 0 Å². The summed E-state index contributed by atoms with van der Waals surface area (Å²) in [7, 11) is 0. The molecule has 11 heavy (non-hydrogen) atoms. The van der Waals surface area contributed by atoms with Gasteiger partial charge in [0.25, 0.3) is 0 Å². The van der Waals surface area contributed by atoms with Crippen molar-refractivity contribution in [2.75, 3.05) is 0 Å². The molecule has 0 aliphatic carbocycles. The van der Waals surface area contributed by atoms with Gasteiger partial charge in [-0.1, -0.05) is 0 Å². The summed E-state index contributed by atoms with van der Waals surface area (Å²) in [5.74, 6) is -2.36. The Bertz CT molecular complexity index is 142. The first-order chi connectivity index (χ1) is 4.04. The molecule has 0 aromatic heterocycles. The topological polar surface area (TPSA) is 74.6 Å². The summed E-state index contributed by atoms with van der Waals surface area (Å²) >= 11 is 3.48. The van der Waals surface area contributed by atoms with E-state index < -0.39 is 23.6 Å². The Kier molecular flexibility index (Phi) is 14.2. The first kappa shape index (κ1) is 17.7. The minimum atomic E-state index is -1.21. The van der Waals surface area contributed by atoms with Gasteiger partial charge in [0.05, 0.1) is 6.42 Å². The molecule has 0 amide bonds. The summed E-state index contributed by atoms with van der Waals surface area (Å²) in [6.45, 7) is 0. The molecule has 7 heteroatoms. The molecule has 1 unspecified atom stereocenters. The zero-order chi connectivity index (χ0) is 7.44. The van der Waals surface area contributed by atoms with Crippen LogP contribution in [0.5, 0.6) is 0 Å². The second-order valence-corrected chi connectivity index (χ2v) is 2.08. The second-order valence-electron chi connectivity index (χ2n) is 1.45. The second kappa shape index (κ2) is 8.80. The van der Waals surface area contributed by atoms with E-state index in [0.717, 1.165) is 0 Å². The van der Waals surface area contributed by atoms with Crippen LogP contribution in [0.3, 0.4) is 0 Å². The van der Waals surface area contributed by atoms with Gasteiger partial charge >= 0.3 is 55.2 Å². The van der Waals surface area contributed by atoms with Crippen molar-refractivity contribution in [3.8, 4) is 0 Å². The molecular weight excluding hydrogens is 273 g/mol. The molecule has 0 saturated carbocycles. The molecule has 0 radical (unpaired) electrons. The number of rotatable bonds is 3. The summed E-state index contributed by atoms with van der Waals surface area (Å²) in [5.41, 5.74) is 0. The SMILES string of the molecule is O=C(O)CC(S)C(=O)O.[Li+].[SbH3]. The molecule has 0 saturated heterocycles. The van der Waals surface area contributed by atoms with Crippen LogP contribution in [-0.2, 0) is 9.59 Å². The standard InChI is InChI=1S/C4H6O4S.Li.Sb.3H/c5-3(6)1-2(9)4(7)8;;;;;/h2,9H,1H2,(H,5,6)(H,7,8);;;;;/q;+1;;;;. The molecule has 0 aromatic carbocycles.